The highest BCUT2D eigenvalue weighted by Crippen LogP contribution is 2.15. The number of hydrogen-bond acceptors (Lipinski definition) is 3. The average Bonchev–Trinajstić information content (AvgIpc) is 2.56. The van der Waals surface area contributed by atoms with Crippen molar-refractivity contribution < 1.29 is 9.90 Å². The van der Waals surface area contributed by atoms with Crippen LogP contribution in [0.4, 0.5) is 0 Å². The fourth-order valence-corrected chi connectivity index (χ4v) is 1.69. The quantitative estimate of drug-likeness (QED) is 0.851. The number of aryl methyl sites for hydroxylation is 2. The monoisotopic (exact) mass is 219 g/mol. The van der Waals surface area contributed by atoms with Crippen molar-refractivity contribution in [3.8, 4) is 0 Å². The number of fused-ring (bicyclic) bond motifs is 1. The van der Waals surface area contributed by atoms with E-state index in [0.29, 0.717) is 5.52 Å². The van der Waals surface area contributed by atoms with Crippen LogP contribution in [0.1, 0.15) is 29.5 Å². The van der Waals surface area contributed by atoms with Crippen LogP contribution < -0.4 is 0 Å². The lowest BCUT2D eigenvalue weighted by atomic mass is 10.3. The fraction of sp³-hybridized carbons (Fsp3) is 0.364. The minimum absolute atomic E-state index is 0.175. The van der Waals surface area contributed by atoms with E-state index < -0.39 is 5.97 Å². The van der Waals surface area contributed by atoms with E-state index in [9.17, 15) is 4.79 Å². The molecule has 0 aliphatic carbocycles. The van der Waals surface area contributed by atoms with E-state index in [2.05, 4.69) is 16.9 Å². The second-order valence-electron chi connectivity index (χ2n) is 3.71. The second kappa shape index (κ2) is 3.92. The van der Waals surface area contributed by atoms with Gasteiger partial charge >= 0.3 is 5.97 Å². The molecule has 5 heteroatoms. The zero-order valence-corrected chi connectivity index (χ0v) is 9.27. The van der Waals surface area contributed by atoms with E-state index in [4.69, 9.17) is 5.11 Å². The van der Waals surface area contributed by atoms with E-state index in [-0.39, 0.29) is 5.56 Å². The number of aromatic carboxylic acids is 1. The lowest BCUT2D eigenvalue weighted by Gasteiger charge is -1.98. The van der Waals surface area contributed by atoms with E-state index in [1.807, 2.05) is 11.6 Å². The third-order valence-electron chi connectivity index (χ3n) is 2.52. The van der Waals surface area contributed by atoms with E-state index in [0.717, 1.165) is 24.3 Å². The lowest BCUT2D eigenvalue weighted by Crippen LogP contribution is -1.99. The minimum Gasteiger partial charge on any atom is -0.478 e. The summed E-state index contributed by atoms with van der Waals surface area (Å²) in [4.78, 5) is 19.3. The standard InChI is InChI=1S/C11H13N3O2/c1-3-4-9-13-8-5-7(11(15)16)6-12-10(8)14(9)2/h5-6H,3-4H2,1-2H3,(H,15,16). The first-order valence-corrected chi connectivity index (χ1v) is 5.18. The number of nitrogens with zero attached hydrogens (tertiary/aromatic N) is 3. The van der Waals surface area contributed by atoms with Gasteiger partial charge in [0.25, 0.3) is 0 Å². The SMILES string of the molecule is CCCc1nc2cc(C(=O)O)cnc2n1C. The van der Waals surface area contributed by atoms with Gasteiger partial charge in [-0.1, -0.05) is 6.92 Å². The third-order valence-corrected chi connectivity index (χ3v) is 2.52. The summed E-state index contributed by atoms with van der Waals surface area (Å²) in [6, 6.07) is 1.56. The molecule has 0 fully saturated rings. The lowest BCUT2D eigenvalue weighted by molar-refractivity contribution is 0.0696. The maximum absolute atomic E-state index is 10.8. The van der Waals surface area contributed by atoms with Gasteiger partial charge in [-0.25, -0.2) is 14.8 Å². The number of imidazole rings is 1. The number of carboxylic acids is 1. The topological polar surface area (TPSA) is 68.0 Å². The van der Waals surface area contributed by atoms with Crippen molar-refractivity contribution in [2.75, 3.05) is 0 Å². The van der Waals surface area contributed by atoms with Crippen molar-refractivity contribution in [1.82, 2.24) is 14.5 Å². The van der Waals surface area contributed by atoms with Crippen molar-refractivity contribution in [2.24, 2.45) is 7.05 Å². The summed E-state index contributed by atoms with van der Waals surface area (Å²) in [5, 5.41) is 8.85. The molecular weight excluding hydrogens is 206 g/mol. The van der Waals surface area contributed by atoms with E-state index in [1.165, 1.54) is 6.20 Å². The maximum atomic E-state index is 10.8. The summed E-state index contributed by atoms with van der Waals surface area (Å²) in [6.45, 7) is 2.08. The molecule has 84 valence electrons. The predicted octanol–water partition coefficient (Wildman–Crippen LogP) is 1.62. The molecule has 0 radical (unpaired) electrons. The summed E-state index contributed by atoms with van der Waals surface area (Å²) in [6.07, 6.45) is 3.24. The Kier molecular flexibility index (Phi) is 2.60. The largest absolute Gasteiger partial charge is 0.478 e. The summed E-state index contributed by atoms with van der Waals surface area (Å²) < 4.78 is 1.91. The van der Waals surface area contributed by atoms with Crippen LogP contribution in [0.3, 0.4) is 0 Å². The van der Waals surface area contributed by atoms with Gasteiger partial charge in [-0.15, -0.1) is 0 Å². The molecule has 0 aromatic carbocycles. The van der Waals surface area contributed by atoms with Crippen molar-refractivity contribution in [2.45, 2.75) is 19.8 Å². The van der Waals surface area contributed by atoms with Crippen molar-refractivity contribution in [3.63, 3.8) is 0 Å². The molecule has 2 aromatic heterocycles. The number of hydrogen-bond donors (Lipinski definition) is 1. The van der Waals surface area contributed by atoms with E-state index in [1.54, 1.807) is 6.07 Å². The van der Waals surface area contributed by atoms with Crippen LogP contribution in [-0.2, 0) is 13.5 Å². The molecule has 5 nitrogen and oxygen atoms in total. The predicted molar refractivity (Wildman–Crippen MR) is 59.5 cm³/mol. The molecule has 0 saturated carbocycles. The Morgan fingerprint density at radius 3 is 2.94 bits per heavy atom. The number of rotatable bonds is 3. The zero-order chi connectivity index (χ0) is 11.7. The van der Waals surface area contributed by atoms with Crippen molar-refractivity contribution in [1.29, 1.82) is 0 Å². The van der Waals surface area contributed by atoms with E-state index >= 15 is 0 Å². The van der Waals surface area contributed by atoms with Crippen LogP contribution in [0, 0.1) is 0 Å². The van der Waals surface area contributed by atoms with Crippen LogP contribution in [0.25, 0.3) is 11.2 Å². The van der Waals surface area contributed by atoms with Crippen molar-refractivity contribution in [3.05, 3.63) is 23.7 Å². The molecular formula is C11H13N3O2. The molecule has 0 spiro atoms. The summed E-state index contributed by atoms with van der Waals surface area (Å²) in [5.74, 6) is -0.0374. The zero-order valence-electron chi connectivity index (χ0n) is 9.27. The average molecular weight is 219 g/mol. The van der Waals surface area contributed by atoms with Gasteiger partial charge in [0.1, 0.15) is 11.3 Å². The van der Waals surface area contributed by atoms with Gasteiger partial charge in [-0.3, -0.25) is 0 Å². The second-order valence-corrected chi connectivity index (χ2v) is 3.71. The molecule has 0 atom stereocenters. The molecule has 0 amide bonds. The molecule has 1 N–H and O–H groups in total. The molecule has 2 rings (SSSR count). The number of pyridine rings is 1. The summed E-state index contributed by atoms with van der Waals surface area (Å²) in [7, 11) is 1.90. The molecule has 2 heterocycles. The molecule has 0 saturated heterocycles. The van der Waals surface area contributed by atoms with Crippen LogP contribution in [-0.4, -0.2) is 25.6 Å². The summed E-state index contributed by atoms with van der Waals surface area (Å²) in [5.41, 5.74) is 1.55. The summed E-state index contributed by atoms with van der Waals surface area (Å²) >= 11 is 0. The number of aromatic nitrogens is 3. The molecule has 0 bridgehead atoms. The Balaban J connectivity index is 2.58. The van der Waals surface area contributed by atoms with Crippen molar-refractivity contribution >= 4 is 17.1 Å². The Morgan fingerprint density at radius 2 is 2.31 bits per heavy atom. The highest BCUT2D eigenvalue weighted by atomic mass is 16.4. The Morgan fingerprint density at radius 1 is 1.56 bits per heavy atom. The Labute approximate surface area is 92.8 Å². The molecule has 0 aliphatic rings. The fourth-order valence-electron chi connectivity index (χ4n) is 1.69. The van der Waals surface area contributed by atoms with Crippen LogP contribution in [0.15, 0.2) is 12.3 Å². The van der Waals surface area contributed by atoms with Gasteiger partial charge in [-0.05, 0) is 12.5 Å². The third kappa shape index (κ3) is 1.64. The molecule has 2 aromatic rings. The van der Waals surface area contributed by atoms with Gasteiger partial charge in [0.2, 0.25) is 0 Å². The molecule has 0 unspecified atom stereocenters. The van der Waals surface area contributed by atoms with Gasteiger partial charge < -0.3 is 9.67 Å². The van der Waals surface area contributed by atoms with Crippen LogP contribution in [0.5, 0.6) is 0 Å². The first kappa shape index (κ1) is 10.6. The first-order valence-electron chi connectivity index (χ1n) is 5.18. The molecule has 16 heavy (non-hydrogen) atoms. The van der Waals surface area contributed by atoms with Gasteiger partial charge in [0, 0.05) is 19.7 Å². The van der Waals surface area contributed by atoms with Crippen LogP contribution >= 0.6 is 0 Å². The normalized spacial score (nSPS) is 10.9. The minimum atomic E-state index is -0.975. The Hall–Kier alpha value is -1.91. The number of carbonyl (C=O) groups is 1. The smallest absolute Gasteiger partial charge is 0.337 e. The highest BCUT2D eigenvalue weighted by molar-refractivity contribution is 5.90. The first-order chi connectivity index (χ1) is 7.63. The van der Waals surface area contributed by atoms with Gasteiger partial charge in [0.15, 0.2) is 5.65 Å². The Bertz CT molecular complexity index is 545. The molecule has 0 aliphatic heterocycles. The highest BCUT2D eigenvalue weighted by Gasteiger charge is 2.11. The van der Waals surface area contributed by atoms with Gasteiger partial charge in [0.05, 0.1) is 5.56 Å². The maximum Gasteiger partial charge on any atom is 0.337 e. The number of carboxylic acid groups (broad SMARTS) is 1. The van der Waals surface area contributed by atoms with Gasteiger partial charge in [-0.2, -0.15) is 0 Å². The van der Waals surface area contributed by atoms with Crippen LogP contribution in [0.2, 0.25) is 0 Å².